The van der Waals surface area contributed by atoms with Gasteiger partial charge in [-0.2, -0.15) is 5.10 Å². The summed E-state index contributed by atoms with van der Waals surface area (Å²) in [5, 5.41) is 19.3. The number of carbonyl (C=O) groups excluding carboxylic acids is 1. The van der Waals surface area contributed by atoms with Crippen molar-refractivity contribution in [2.24, 2.45) is 11.0 Å². The summed E-state index contributed by atoms with van der Waals surface area (Å²) in [6.45, 7) is 7.65. The molecule has 1 heterocycles. The molecule has 2 aliphatic carbocycles. The molecule has 0 aromatic rings. The van der Waals surface area contributed by atoms with Gasteiger partial charge in [0.25, 0.3) is 0 Å². The van der Waals surface area contributed by atoms with Crippen LogP contribution in [-0.4, -0.2) is 47.0 Å². The number of aliphatic carboxylic acids is 1. The summed E-state index contributed by atoms with van der Waals surface area (Å²) in [6, 6.07) is -0.330. The average molecular weight is 522 g/mol. The molecule has 0 aromatic carbocycles. The standard InChI is InChI=1S/C24H27Cl2N3O4.C2H6/c1-14(16-6-4-7-17(11-10-16)24(31)32)27-22(30)21-15(2)28-29(3)23(21)33-18-8-5-9-19(25)20(26)13-12-18;1-2/h4,6,8,10-14,21,23H,5,7,9H2,1-3H3,(H,27,30)(H,31,32);1-2H3/b13-12?,18-8+,20-19?;. The number of carbonyl (C=O) groups is 2. The summed E-state index contributed by atoms with van der Waals surface area (Å²) in [5.74, 6) is -1.21. The molecule has 190 valence electrons. The zero-order valence-electron chi connectivity index (χ0n) is 20.7. The number of carboxylic acids is 1. The van der Waals surface area contributed by atoms with E-state index < -0.39 is 18.1 Å². The van der Waals surface area contributed by atoms with E-state index in [-0.39, 0.29) is 11.9 Å². The van der Waals surface area contributed by atoms with E-state index >= 15 is 0 Å². The normalized spacial score (nSPS) is 24.4. The van der Waals surface area contributed by atoms with E-state index in [0.717, 1.165) is 5.57 Å². The van der Waals surface area contributed by atoms with Gasteiger partial charge < -0.3 is 15.2 Å². The fourth-order valence-electron chi connectivity index (χ4n) is 3.73. The molecule has 1 amide bonds. The van der Waals surface area contributed by atoms with Crippen molar-refractivity contribution in [2.75, 3.05) is 7.05 Å². The maximum atomic E-state index is 13.2. The van der Waals surface area contributed by atoms with Gasteiger partial charge in [0.1, 0.15) is 11.7 Å². The van der Waals surface area contributed by atoms with E-state index in [1.54, 1.807) is 49.4 Å². The van der Waals surface area contributed by atoms with E-state index in [2.05, 4.69) is 10.4 Å². The molecular weight excluding hydrogens is 489 g/mol. The number of ether oxygens (including phenoxy) is 1. The largest absolute Gasteiger partial charge is 0.478 e. The second-order valence-electron chi connectivity index (χ2n) is 8.03. The maximum absolute atomic E-state index is 13.2. The maximum Gasteiger partial charge on any atom is 0.331 e. The number of nitrogens with zero attached hydrogens (tertiary/aromatic N) is 2. The van der Waals surface area contributed by atoms with Gasteiger partial charge >= 0.3 is 5.97 Å². The third kappa shape index (κ3) is 7.61. The van der Waals surface area contributed by atoms with Gasteiger partial charge in [0.2, 0.25) is 12.1 Å². The number of halogens is 2. The first-order valence-corrected chi connectivity index (χ1v) is 12.4. The minimum atomic E-state index is -0.953. The number of carboxylic acid groups (broad SMARTS) is 1. The fourth-order valence-corrected chi connectivity index (χ4v) is 4.06. The van der Waals surface area contributed by atoms with Crippen molar-refractivity contribution in [1.29, 1.82) is 0 Å². The first-order chi connectivity index (χ1) is 16.7. The molecule has 3 rings (SSSR count). The quantitative estimate of drug-likeness (QED) is 0.473. The van der Waals surface area contributed by atoms with Crippen LogP contribution in [0.2, 0.25) is 0 Å². The second kappa shape index (κ2) is 13.4. The van der Waals surface area contributed by atoms with Crippen LogP contribution in [0.4, 0.5) is 0 Å². The van der Waals surface area contributed by atoms with Crippen molar-refractivity contribution in [1.82, 2.24) is 10.3 Å². The average Bonchev–Trinajstić information content (AvgIpc) is 2.98. The Labute approximate surface area is 217 Å². The Balaban J connectivity index is 0.00000210. The summed E-state index contributed by atoms with van der Waals surface area (Å²) in [7, 11) is 1.76. The van der Waals surface area contributed by atoms with E-state index in [9.17, 15) is 14.7 Å². The van der Waals surface area contributed by atoms with Crippen LogP contribution in [0.1, 0.15) is 47.0 Å². The summed E-state index contributed by atoms with van der Waals surface area (Å²) in [5.41, 5.74) is 1.74. The summed E-state index contributed by atoms with van der Waals surface area (Å²) < 4.78 is 6.17. The molecule has 3 aliphatic rings. The number of nitrogens with one attached hydrogen (secondary N) is 1. The van der Waals surface area contributed by atoms with Crippen molar-refractivity contribution in [3.8, 4) is 0 Å². The summed E-state index contributed by atoms with van der Waals surface area (Å²) in [6.07, 6.45) is 13.2. The van der Waals surface area contributed by atoms with Gasteiger partial charge in [0.05, 0.1) is 16.8 Å². The van der Waals surface area contributed by atoms with Crippen molar-refractivity contribution >= 4 is 40.8 Å². The molecule has 0 fully saturated rings. The van der Waals surface area contributed by atoms with Crippen LogP contribution in [0.5, 0.6) is 0 Å². The lowest BCUT2D eigenvalue weighted by Crippen LogP contribution is -2.46. The second-order valence-corrected chi connectivity index (χ2v) is 8.90. The molecule has 0 bridgehead atoms. The Morgan fingerprint density at radius 2 is 1.94 bits per heavy atom. The van der Waals surface area contributed by atoms with Gasteiger partial charge in [-0.25, -0.2) is 4.79 Å². The highest BCUT2D eigenvalue weighted by atomic mass is 35.5. The topological polar surface area (TPSA) is 91.2 Å². The molecule has 7 nitrogen and oxygen atoms in total. The first kappa shape index (κ1) is 28.5. The number of allylic oxidation sites excluding steroid dienone is 8. The van der Waals surface area contributed by atoms with Crippen LogP contribution in [0.3, 0.4) is 0 Å². The Morgan fingerprint density at radius 1 is 1.23 bits per heavy atom. The lowest BCUT2D eigenvalue weighted by molar-refractivity contribution is -0.133. The summed E-state index contributed by atoms with van der Waals surface area (Å²) in [4.78, 5) is 24.5. The Bertz CT molecular complexity index is 1040. The number of amides is 1. The van der Waals surface area contributed by atoms with Crippen molar-refractivity contribution < 1.29 is 19.4 Å². The number of hydrogen-bond donors (Lipinski definition) is 2. The van der Waals surface area contributed by atoms with Crippen molar-refractivity contribution in [2.45, 2.75) is 59.2 Å². The van der Waals surface area contributed by atoms with Crippen LogP contribution in [0.25, 0.3) is 0 Å². The number of hydrogen-bond acceptors (Lipinski definition) is 5. The minimum Gasteiger partial charge on any atom is -0.478 e. The lowest BCUT2D eigenvalue weighted by atomic mass is 10.0. The highest BCUT2D eigenvalue weighted by molar-refractivity contribution is 6.40. The molecule has 9 heteroatoms. The Morgan fingerprint density at radius 3 is 2.63 bits per heavy atom. The molecular formula is C26H33Cl2N3O4. The smallest absolute Gasteiger partial charge is 0.331 e. The molecule has 0 spiro atoms. The molecule has 0 aromatic heterocycles. The molecule has 0 radical (unpaired) electrons. The molecule has 2 N–H and O–H groups in total. The zero-order valence-corrected chi connectivity index (χ0v) is 22.2. The minimum absolute atomic E-state index is 0.226. The van der Waals surface area contributed by atoms with E-state index in [1.807, 2.05) is 32.9 Å². The number of rotatable bonds is 6. The molecule has 1 aliphatic heterocycles. The highest BCUT2D eigenvalue weighted by Crippen LogP contribution is 2.28. The van der Waals surface area contributed by atoms with E-state index in [0.29, 0.717) is 46.4 Å². The highest BCUT2D eigenvalue weighted by Gasteiger charge is 2.41. The lowest BCUT2D eigenvalue weighted by Gasteiger charge is -2.27. The zero-order chi connectivity index (χ0) is 26.1. The van der Waals surface area contributed by atoms with Crippen LogP contribution in [0.15, 0.2) is 74.6 Å². The van der Waals surface area contributed by atoms with Gasteiger partial charge in [-0.05, 0) is 56.9 Å². The van der Waals surface area contributed by atoms with Gasteiger partial charge in [0, 0.05) is 17.7 Å². The summed E-state index contributed by atoms with van der Waals surface area (Å²) >= 11 is 12.3. The SMILES string of the molecule is CC.CC1=NN(C)C(O/C2=C/CCC(Cl)=C(Cl)C=C2)C1C(=O)NC(C)C1=CC=C(C(=O)O)CC=C1. The van der Waals surface area contributed by atoms with Crippen molar-refractivity contribution in [3.63, 3.8) is 0 Å². The van der Waals surface area contributed by atoms with Crippen LogP contribution in [0, 0.1) is 5.92 Å². The first-order valence-electron chi connectivity index (χ1n) is 11.6. The van der Waals surface area contributed by atoms with Crippen LogP contribution < -0.4 is 5.32 Å². The van der Waals surface area contributed by atoms with E-state index in [4.69, 9.17) is 27.9 Å². The molecule has 35 heavy (non-hydrogen) atoms. The monoisotopic (exact) mass is 521 g/mol. The molecule has 3 unspecified atom stereocenters. The van der Waals surface area contributed by atoms with Gasteiger partial charge in [0.15, 0.2) is 0 Å². The number of hydrazone groups is 1. The van der Waals surface area contributed by atoms with Crippen LogP contribution >= 0.6 is 23.2 Å². The third-order valence-electron chi connectivity index (χ3n) is 5.58. The predicted octanol–water partition coefficient (Wildman–Crippen LogP) is 5.62. The van der Waals surface area contributed by atoms with E-state index in [1.165, 1.54) is 0 Å². The van der Waals surface area contributed by atoms with Crippen molar-refractivity contribution in [3.05, 3.63) is 69.5 Å². The predicted molar refractivity (Wildman–Crippen MR) is 141 cm³/mol. The van der Waals surface area contributed by atoms with Gasteiger partial charge in [-0.1, -0.05) is 61.4 Å². The van der Waals surface area contributed by atoms with Gasteiger partial charge in [-0.15, -0.1) is 0 Å². The Kier molecular flexibility index (Phi) is 10.9. The fraction of sp³-hybridized carbons (Fsp3) is 0.423. The van der Waals surface area contributed by atoms with Crippen LogP contribution in [-0.2, 0) is 14.3 Å². The Hall–Kier alpha value is -2.77. The van der Waals surface area contributed by atoms with Gasteiger partial charge in [-0.3, -0.25) is 9.80 Å². The molecule has 0 saturated carbocycles. The molecule has 3 atom stereocenters. The third-order valence-corrected chi connectivity index (χ3v) is 6.42. The molecule has 0 saturated heterocycles.